The molecule has 3 amide bonds. The first-order valence-electron chi connectivity index (χ1n) is 20.1. The SMILES string of the molecule is Cc1cc(-c2ncnn3cc(-c4ccn5cc(CN6CCC(c7ccc(C8CCC(=O)NC8=O)cc7)CC6)nc5c4)cc23)ccc1CNC(=O)c1noc(C(C)(C)C)n1. The molecule has 59 heavy (non-hydrogen) atoms. The van der Waals surface area contributed by atoms with Crippen LogP contribution in [0.25, 0.3) is 33.5 Å². The van der Waals surface area contributed by atoms with E-state index in [-0.39, 0.29) is 34.9 Å². The minimum Gasteiger partial charge on any atom is -0.345 e. The Bertz CT molecular complexity index is 2710. The van der Waals surface area contributed by atoms with Crippen LogP contribution in [-0.2, 0) is 28.1 Å². The zero-order chi connectivity index (χ0) is 40.8. The number of fused-ring (bicyclic) bond motifs is 2. The zero-order valence-electron chi connectivity index (χ0n) is 33.6. The number of imide groups is 1. The van der Waals surface area contributed by atoms with Crippen LogP contribution in [0.5, 0.6) is 0 Å². The highest BCUT2D eigenvalue weighted by molar-refractivity contribution is 6.01. The minimum atomic E-state index is -0.387. The lowest BCUT2D eigenvalue weighted by molar-refractivity contribution is -0.134. The van der Waals surface area contributed by atoms with E-state index in [0.29, 0.717) is 31.2 Å². The van der Waals surface area contributed by atoms with Crippen LogP contribution in [0.2, 0.25) is 0 Å². The third-order valence-electron chi connectivity index (χ3n) is 11.6. The first kappa shape index (κ1) is 38.0. The van der Waals surface area contributed by atoms with Crippen molar-refractivity contribution in [1.82, 2.24) is 49.7 Å². The summed E-state index contributed by atoms with van der Waals surface area (Å²) in [6.45, 7) is 10.9. The summed E-state index contributed by atoms with van der Waals surface area (Å²) in [7, 11) is 0. The predicted octanol–water partition coefficient (Wildman–Crippen LogP) is 6.53. The van der Waals surface area contributed by atoms with Gasteiger partial charge in [-0.15, -0.1) is 0 Å². The molecule has 0 bridgehead atoms. The smallest absolute Gasteiger partial charge is 0.292 e. The number of amides is 3. The summed E-state index contributed by atoms with van der Waals surface area (Å²) < 4.78 is 9.21. The van der Waals surface area contributed by atoms with Crippen molar-refractivity contribution in [2.24, 2.45) is 0 Å². The van der Waals surface area contributed by atoms with Crippen molar-refractivity contribution >= 4 is 28.9 Å². The van der Waals surface area contributed by atoms with Gasteiger partial charge in [0.25, 0.3) is 11.7 Å². The fourth-order valence-electron chi connectivity index (χ4n) is 8.18. The molecular weight excluding hydrogens is 745 g/mol. The molecule has 2 aromatic carbocycles. The molecule has 0 aliphatic carbocycles. The molecule has 5 aromatic heterocycles. The average molecular weight is 791 g/mol. The molecule has 14 heteroatoms. The maximum atomic E-state index is 12.7. The Morgan fingerprint density at radius 3 is 2.46 bits per heavy atom. The van der Waals surface area contributed by atoms with Gasteiger partial charge in [0.1, 0.15) is 12.0 Å². The van der Waals surface area contributed by atoms with Crippen LogP contribution < -0.4 is 10.6 Å². The Morgan fingerprint density at radius 2 is 1.71 bits per heavy atom. The molecule has 1 unspecified atom stereocenters. The Morgan fingerprint density at radius 1 is 0.915 bits per heavy atom. The van der Waals surface area contributed by atoms with E-state index in [1.54, 1.807) is 6.33 Å². The normalized spacial score (nSPS) is 16.8. The fraction of sp³-hybridized carbons (Fsp3) is 0.333. The highest BCUT2D eigenvalue weighted by Crippen LogP contribution is 2.33. The molecule has 2 aliphatic heterocycles. The van der Waals surface area contributed by atoms with E-state index in [9.17, 15) is 14.4 Å². The lowest BCUT2D eigenvalue weighted by Crippen LogP contribution is -2.39. The van der Waals surface area contributed by atoms with Gasteiger partial charge in [-0.3, -0.25) is 24.6 Å². The van der Waals surface area contributed by atoms with Gasteiger partial charge < -0.3 is 14.2 Å². The van der Waals surface area contributed by atoms with Gasteiger partial charge in [-0.05, 0) is 97.3 Å². The van der Waals surface area contributed by atoms with Crippen LogP contribution in [-0.4, -0.2) is 69.8 Å². The number of benzene rings is 2. The van der Waals surface area contributed by atoms with Crippen molar-refractivity contribution in [3.05, 3.63) is 125 Å². The molecule has 1 atom stereocenters. The number of nitrogens with one attached hydrogen (secondary N) is 2. The van der Waals surface area contributed by atoms with Crippen LogP contribution in [0, 0.1) is 6.92 Å². The molecule has 300 valence electrons. The van der Waals surface area contributed by atoms with Crippen molar-refractivity contribution in [1.29, 1.82) is 0 Å². The van der Waals surface area contributed by atoms with Crippen LogP contribution in [0.3, 0.4) is 0 Å². The molecular formula is C45H46N10O4. The maximum absolute atomic E-state index is 12.7. The first-order valence-corrected chi connectivity index (χ1v) is 20.1. The molecule has 7 aromatic rings. The number of likely N-dealkylation sites (tertiary alicyclic amines) is 1. The van der Waals surface area contributed by atoms with Crippen molar-refractivity contribution < 1.29 is 18.9 Å². The Hall–Kier alpha value is -6.54. The third-order valence-corrected chi connectivity index (χ3v) is 11.6. The quantitative estimate of drug-likeness (QED) is 0.154. The van der Waals surface area contributed by atoms with Crippen molar-refractivity contribution in [2.45, 2.75) is 83.7 Å². The molecule has 7 heterocycles. The summed E-state index contributed by atoms with van der Waals surface area (Å²) in [4.78, 5) is 53.1. The maximum Gasteiger partial charge on any atom is 0.292 e. The number of aryl methyl sites for hydroxylation is 1. The lowest BCUT2D eigenvalue weighted by Gasteiger charge is -2.32. The largest absolute Gasteiger partial charge is 0.345 e. The summed E-state index contributed by atoms with van der Waals surface area (Å²) in [5, 5.41) is 13.7. The second kappa shape index (κ2) is 15.3. The second-order valence-corrected chi connectivity index (χ2v) is 16.8. The van der Waals surface area contributed by atoms with Crippen molar-refractivity contribution in [3.8, 4) is 22.4 Å². The number of hydrogen-bond donors (Lipinski definition) is 2. The van der Waals surface area contributed by atoms with Crippen LogP contribution in [0.15, 0.2) is 90.1 Å². The van der Waals surface area contributed by atoms with Gasteiger partial charge in [0.05, 0.1) is 22.8 Å². The number of carbonyl (C=O) groups excluding carboxylic acids is 3. The number of nitrogens with zero attached hydrogens (tertiary/aromatic N) is 8. The molecule has 14 nitrogen and oxygen atoms in total. The Balaban J connectivity index is 0.836. The number of pyridine rings is 1. The highest BCUT2D eigenvalue weighted by atomic mass is 16.5. The zero-order valence-corrected chi connectivity index (χ0v) is 33.6. The Labute approximate surface area is 341 Å². The number of piperidine rings is 2. The summed E-state index contributed by atoms with van der Waals surface area (Å²) in [5.41, 5.74) is 10.5. The van der Waals surface area contributed by atoms with Gasteiger partial charge in [0.15, 0.2) is 0 Å². The van der Waals surface area contributed by atoms with Gasteiger partial charge in [0, 0.05) is 54.6 Å². The van der Waals surface area contributed by atoms with Crippen molar-refractivity contribution in [2.75, 3.05) is 13.1 Å². The summed E-state index contributed by atoms with van der Waals surface area (Å²) in [5.74, 6) is -0.105. The van der Waals surface area contributed by atoms with E-state index in [1.165, 1.54) is 5.56 Å². The van der Waals surface area contributed by atoms with Crippen LogP contribution in [0.4, 0.5) is 0 Å². The Kier molecular flexibility index (Phi) is 9.87. The monoisotopic (exact) mass is 790 g/mol. The number of carbonyl (C=O) groups is 3. The molecule has 0 spiro atoms. The molecule has 0 saturated carbocycles. The number of rotatable bonds is 9. The van der Waals surface area contributed by atoms with Gasteiger partial charge in [-0.1, -0.05) is 62.3 Å². The van der Waals surface area contributed by atoms with E-state index in [4.69, 9.17) is 9.51 Å². The average Bonchev–Trinajstić information content (AvgIpc) is 3.99. The third kappa shape index (κ3) is 7.87. The predicted molar refractivity (Wildman–Crippen MR) is 220 cm³/mol. The standard InChI is InChI=1S/C45H46N10O4/c1-27-19-32(9-10-33(27)22-46-43(58)41-51-44(59-52-41)45(2,3)4)40-37-20-34(23-55(37)48-26-47-40)31-15-18-54-25-35(49-38(54)21-31)24-53-16-13-29(14-17-53)28-5-7-30(8-6-28)36-11-12-39(56)50-42(36)57/h5-10,15,18-21,23,25-26,29,36H,11-14,16-17,22,24H2,1-4H3,(H,46,58)(H,50,56,57). The highest BCUT2D eigenvalue weighted by Gasteiger charge is 2.29. The van der Waals surface area contributed by atoms with Gasteiger partial charge in [-0.25, -0.2) is 14.5 Å². The van der Waals surface area contributed by atoms with Gasteiger partial charge >= 0.3 is 0 Å². The number of hydrogen-bond acceptors (Lipinski definition) is 10. The fourth-order valence-corrected chi connectivity index (χ4v) is 8.18. The molecule has 0 radical (unpaired) electrons. The van der Waals surface area contributed by atoms with E-state index >= 15 is 0 Å². The summed E-state index contributed by atoms with van der Waals surface area (Å²) in [6.07, 6.45) is 10.8. The molecule has 2 saturated heterocycles. The van der Waals surface area contributed by atoms with E-state index in [1.807, 2.05) is 50.5 Å². The van der Waals surface area contributed by atoms with E-state index < -0.39 is 0 Å². The second-order valence-electron chi connectivity index (χ2n) is 16.8. The van der Waals surface area contributed by atoms with E-state index in [0.717, 1.165) is 88.4 Å². The van der Waals surface area contributed by atoms with Gasteiger partial charge in [0.2, 0.25) is 17.7 Å². The molecule has 2 N–H and O–H groups in total. The summed E-state index contributed by atoms with van der Waals surface area (Å²) >= 11 is 0. The van der Waals surface area contributed by atoms with E-state index in [2.05, 4.69) is 101 Å². The molecule has 2 fully saturated rings. The van der Waals surface area contributed by atoms with Gasteiger partial charge in [-0.2, -0.15) is 10.1 Å². The number of aromatic nitrogens is 7. The van der Waals surface area contributed by atoms with Crippen LogP contribution in [0.1, 0.15) is 103 Å². The first-order chi connectivity index (χ1) is 28.4. The van der Waals surface area contributed by atoms with Crippen molar-refractivity contribution in [3.63, 3.8) is 0 Å². The number of imidazole rings is 1. The minimum absolute atomic E-state index is 0.0198. The molecule has 2 aliphatic rings. The summed E-state index contributed by atoms with van der Waals surface area (Å²) in [6, 6.07) is 20.9. The van der Waals surface area contributed by atoms with Crippen LogP contribution >= 0.6 is 0 Å². The topological polar surface area (TPSA) is 165 Å². The lowest BCUT2D eigenvalue weighted by atomic mass is 9.86. The molecule has 9 rings (SSSR count).